The minimum absolute atomic E-state index is 0.447. The molecular formula is C21H21ClN4S. The van der Waals surface area contributed by atoms with Gasteiger partial charge in [0.25, 0.3) is 0 Å². The lowest BCUT2D eigenvalue weighted by atomic mass is 10.1. The van der Waals surface area contributed by atoms with Crippen LogP contribution in [0.25, 0.3) is 0 Å². The van der Waals surface area contributed by atoms with E-state index >= 15 is 0 Å². The molecule has 0 amide bonds. The molecule has 0 saturated carbocycles. The number of halogens is 1. The molecule has 0 bridgehead atoms. The van der Waals surface area contributed by atoms with Gasteiger partial charge in [-0.05, 0) is 61.5 Å². The third-order valence-corrected chi connectivity index (χ3v) is 4.72. The Morgan fingerprint density at radius 1 is 1.15 bits per heavy atom. The number of anilines is 1. The summed E-state index contributed by atoms with van der Waals surface area (Å²) in [7, 11) is 0. The second-order valence-corrected chi connectivity index (χ2v) is 7.11. The van der Waals surface area contributed by atoms with Crippen LogP contribution in [0.5, 0.6) is 0 Å². The van der Waals surface area contributed by atoms with E-state index < -0.39 is 0 Å². The first-order chi connectivity index (χ1) is 13.0. The molecule has 0 spiro atoms. The maximum atomic E-state index is 6.25. The number of aromatic nitrogens is 1. The van der Waals surface area contributed by atoms with Crippen molar-refractivity contribution in [3.8, 4) is 0 Å². The van der Waals surface area contributed by atoms with Gasteiger partial charge >= 0.3 is 0 Å². The van der Waals surface area contributed by atoms with Crippen LogP contribution in [0.1, 0.15) is 22.4 Å². The molecule has 1 aromatic heterocycles. The number of hydrogen-bond acceptors (Lipinski definition) is 2. The van der Waals surface area contributed by atoms with Crippen LogP contribution in [0.2, 0.25) is 5.02 Å². The zero-order valence-electron chi connectivity index (χ0n) is 15.2. The first kappa shape index (κ1) is 19.1. The van der Waals surface area contributed by atoms with Crippen LogP contribution >= 0.6 is 23.8 Å². The molecule has 3 aromatic rings. The average Bonchev–Trinajstić information content (AvgIpc) is 3.06. The molecule has 3 rings (SSSR count). The molecule has 0 aliphatic carbocycles. The van der Waals surface area contributed by atoms with E-state index in [4.69, 9.17) is 23.8 Å². The summed E-state index contributed by atoms with van der Waals surface area (Å²) in [4.78, 5) is 0. The third kappa shape index (κ3) is 5.18. The van der Waals surface area contributed by atoms with Gasteiger partial charge in [0.15, 0.2) is 5.11 Å². The van der Waals surface area contributed by atoms with Crippen molar-refractivity contribution in [3.05, 3.63) is 88.2 Å². The normalized spacial score (nSPS) is 10.9. The fourth-order valence-electron chi connectivity index (χ4n) is 2.76. The predicted molar refractivity (Wildman–Crippen MR) is 118 cm³/mol. The molecule has 2 aromatic carbocycles. The third-order valence-electron chi connectivity index (χ3n) is 4.16. The van der Waals surface area contributed by atoms with Gasteiger partial charge in [-0.3, -0.25) is 5.43 Å². The van der Waals surface area contributed by atoms with Crippen molar-refractivity contribution in [3.63, 3.8) is 0 Å². The van der Waals surface area contributed by atoms with Crippen molar-refractivity contribution >= 4 is 40.8 Å². The molecule has 0 radical (unpaired) electrons. The van der Waals surface area contributed by atoms with E-state index in [1.807, 2.05) is 61.7 Å². The van der Waals surface area contributed by atoms with Crippen LogP contribution in [0, 0.1) is 13.8 Å². The topological polar surface area (TPSA) is 41.4 Å². The zero-order valence-corrected chi connectivity index (χ0v) is 16.8. The van der Waals surface area contributed by atoms with Crippen LogP contribution in [0.3, 0.4) is 0 Å². The summed E-state index contributed by atoms with van der Waals surface area (Å²) >= 11 is 11.6. The standard InChI is InChI=1S/C21H21ClN4S/c1-15-9-10-20(16(2)12-15)24-21(27)25-23-13-18-7-5-11-26(18)14-17-6-3-4-8-19(17)22/h3-13H,14H2,1-2H3,(H2,24,25,27)/b23-13+. The van der Waals surface area contributed by atoms with Gasteiger partial charge in [-0.25, -0.2) is 0 Å². The lowest BCUT2D eigenvalue weighted by Gasteiger charge is -2.11. The van der Waals surface area contributed by atoms with Gasteiger partial charge in [-0.2, -0.15) is 5.10 Å². The first-order valence-electron chi connectivity index (χ1n) is 8.59. The molecule has 6 heteroatoms. The molecule has 2 N–H and O–H groups in total. The second-order valence-electron chi connectivity index (χ2n) is 6.29. The first-order valence-corrected chi connectivity index (χ1v) is 9.37. The summed E-state index contributed by atoms with van der Waals surface area (Å²) in [6.07, 6.45) is 3.74. The monoisotopic (exact) mass is 396 g/mol. The number of nitrogens with zero attached hydrogens (tertiary/aromatic N) is 2. The van der Waals surface area contributed by atoms with Gasteiger partial charge in [0.2, 0.25) is 0 Å². The molecule has 1 heterocycles. The summed E-state index contributed by atoms with van der Waals surface area (Å²) in [5.41, 5.74) is 8.20. The highest BCUT2D eigenvalue weighted by atomic mass is 35.5. The van der Waals surface area contributed by atoms with Crippen molar-refractivity contribution in [1.82, 2.24) is 9.99 Å². The highest BCUT2D eigenvalue weighted by Gasteiger charge is 2.04. The largest absolute Gasteiger partial charge is 0.342 e. The fraction of sp³-hybridized carbons (Fsp3) is 0.143. The molecule has 0 aliphatic rings. The van der Waals surface area contributed by atoms with Crippen LogP contribution in [0.4, 0.5) is 5.69 Å². The maximum absolute atomic E-state index is 6.25. The SMILES string of the molecule is Cc1ccc(NC(=S)N/N=C/c2cccn2Cc2ccccc2Cl)c(C)c1. The van der Waals surface area contributed by atoms with E-state index in [-0.39, 0.29) is 0 Å². The fourth-order valence-corrected chi connectivity index (χ4v) is 3.12. The Morgan fingerprint density at radius 2 is 1.96 bits per heavy atom. The lowest BCUT2D eigenvalue weighted by molar-refractivity contribution is 0.799. The Labute approximate surface area is 169 Å². The maximum Gasteiger partial charge on any atom is 0.191 e. The summed E-state index contributed by atoms with van der Waals surface area (Å²) in [5, 5.41) is 8.61. The van der Waals surface area contributed by atoms with Crippen molar-refractivity contribution < 1.29 is 0 Å². The number of rotatable bonds is 5. The molecule has 0 saturated heterocycles. The molecule has 4 nitrogen and oxygen atoms in total. The lowest BCUT2D eigenvalue weighted by Crippen LogP contribution is -2.24. The minimum Gasteiger partial charge on any atom is -0.342 e. The van der Waals surface area contributed by atoms with Crippen molar-refractivity contribution in [1.29, 1.82) is 0 Å². The smallest absolute Gasteiger partial charge is 0.191 e. The molecule has 0 unspecified atom stereocenters. The average molecular weight is 397 g/mol. The van der Waals surface area contributed by atoms with Gasteiger partial charge in [-0.15, -0.1) is 0 Å². The van der Waals surface area contributed by atoms with E-state index in [2.05, 4.69) is 33.4 Å². The van der Waals surface area contributed by atoms with Crippen LogP contribution in [0.15, 0.2) is 65.9 Å². The minimum atomic E-state index is 0.447. The van der Waals surface area contributed by atoms with E-state index in [1.54, 1.807) is 6.21 Å². The van der Waals surface area contributed by atoms with E-state index in [0.717, 1.165) is 27.5 Å². The molecule has 0 fully saturated rings. The Morgan fingerprint density at radius 3 is 2.74 bits per heavy atom. The Kier molecular flexibility index (Phi) is 6.27. The van der Waals surface area contributed by atoms with Crippen molar-refractivity contribution in [2.75, 3.05) is 5.32 Å². The van der Waals surface area contributed by atoms with Crippen molar-refractivity contribution in [2.24, 2.45) is 5.10 Å². The van der Waals surface area contributed by atoms with E-state index in [0.29, 0.717) is 11.7 Å². The Hall–Kier alpha value is -2.63. The quantitative estimate of drug-likeness (QED) is 0.357. The number of hydrogen-bond donors (Lipinski definition) is 2. The molecule has 0 atom stereocenters. The number of aryl methyl sites for hydroxylation is 2. The van der Waals surface area contributed by atoms with Crippen LogP contribution < -0.4 is 10.7 Å². The number of hydrazone groups is 1. The van der Waals surface area contributed by atoms with Crippen LogP contribution in [-0.2, 0) is 6.54 Å². The Balaban J connectivity index is 1.61. The highest BCUT2D eigenvalue weighted by Crippen LogP contribution is 2.17. The molecule has 138 valence electrons. The summed E-state index contributed by atoms with van der Waals surface area (Å²) < 4.78 is 2.08. The van der Waals surface area contributed by atoms with Crippen LogP contribution in [-0.4, -0.2) is 15.9 Å². The summed E-state index contributed by atoms with van der Waals surface area (Å²) in [6, 6.07) is 18.0. The van der Waals surface area contributed by atoms with Gasteiger partial charge < -0.3 is 9.88 Å². The van der Waals surface area contributed by atoms with E-state index in [1.165, 1.54) is 5.56 Å². The number of nitrogens with one attached hydrogen (secondary N) is 2. The summed E-state index contributed by atoms with van der Waals surface area (Å²) in [5.74, 6) is 0. The highest BCUT2D eigenvalue weighted by molar-refractivity contribution is 7.80. The van der Waals surface area contributed by atoms with Gasteiger partial charge in [0, 0.05) is 23.5 Å². The second kappa shape index (κ2) is 8.84. The number of thiocarbonyl (C=S) groups is 1. The van der Waals surface area contributed by atoms with Crippen molar-refractivity contribution in [2.45, 2.75) is 20.4 Å². The predicted octanol–water partition coefficient (Wildman–Crippen LogP) is 5.13. The molecule has 27 heavy (non-hydrogen) atoms. The van der Waals surface area contributed by atoms with Gasteiger partial charge in [0.05, 0.1) is 11.9 Å². The molecular weight excluding hydrogens is 376 g/mol. The van der Waals surface area contributed by atoms with E-state index in [9.17, 15) is 0 Å². The Bertz CT molecular complexity index is 978. The summed E-state index contributed by atoms with van der Waals surface area (Å²) in [6.45, 7) is 4.79. The molecule has 0 aliphatic heterocycles. The van der Waals surface area contributed by atoms with Gasteiger partial charge in [0.1, 0.15) is 0 Å². The zero-order chi connectivity index (χ0) is 19.2. The van der Waals surface area contributed by atoms with Gasteiger partial charge in [-0.1, -0.05) is 47.5 Å². The number of benzene rings is 2.